The van der Waals surface area contributed by atoms with Crippen LogP contribution in [0.4, 0.5) is 0 Å². The SMILES string of the molecule is CC(C)Cn1nc(C(=O)N[C@H](C)C23CC4CC(CC(C4)C2)C3)c2ccccc2c1=O. The Morgan fingerprint density at radius 1 is 1.07 bits per heavy atom. The molecule has 6 rings (SSSR count). The maximum atomic E-state index is 13.4. The maximum absolute atomic E-state index is 13.4. The van der Waals surface area contributed by atoms with E-state index in [0.29, 0.717) is 23.0 Å². The topological polar surface area (TPSA) is 64.0 Å². The van der Waals surface area contributed by atoms with Crippen LogP contribution >= 0.6 is 0 Å². The Morgan fingerprint density at radius 2 is 1.63 bits per heavy atom. The standard InChI is InChI=1S/C25H33N3O2/c1-15(2)14-28-24(30)21-7-5-4-6-20(21)22(27-28)23(29)26-16(3)25-11-17-8-18(12-25)10-19(9-17)13-25/h4-7,15-19H,8-14H2,1-3H3,(H,26,29)/t16-,17?,18?,19?,25?/m1/s1. The first-order valence-electron chi connectivity index (χ1n) is 11.7. The largest absolute Gasteiger partial charge is 0.348 e. The molecule has 4 saturated carbocycles. The van der Waals surface area contributed by atoms with Gasteiger partial charge in [-0.05, 0) is 80.6 Å². The predicted molar refractivity (Wildman–Crippen MR) is 118 cm³/mol. The molecule has 5 nitrogen and oxygen atoms in total. The zero-order valence-electron chi connectivity index (χ0n) is 18.4. The highest BCUT2D eigenvalue weighted by molar-refractivity contribution is 6.04. The number of nitrogens with one attached hydrogen (secondary N) is 1. The molecule has 0 radical (unpaired) electrons. The lowest BCUT2D eigenvalue weighted by Crippen LogP contribution is -2.56. The second-order valence-electron chi connectivity index (χ2n) is 10.8. The predicted octanol–water partition coefficient (Wildman–Crippen LogP) is 4.39. The molecule has 5 heteroatoms. The van der Waals surface area contributed by atoms with Crippen molar-refractivity contribution in [1.29, 1.82) is 0 Å². The van der Waals surface area contributed by atoms with E-state index in [-0.39, 0.29) is 28.8 Å². The normalized spacial score (nSPS) is 30.7. The third-order valence-corrected chi connectivity index (χ3v) is 7.97. The lowest BCUT2D eigenvalue weighted by atomic mass is 9.48. The van der Waals surface area contributed by atoms with Crippen molar-refractivity contribution in [3.05, 3.63) is 40.3 Å². The number of carbonyl (C=O) groups excluding carboxylic acids is 1. The molecule has 4 bridgehead atoms. The minimum atomic E-state index is -0.146. The molecule has 160 valence electrons. The van der Waals surface area contributed by atoms with Gasteiger partial charge in [-0.1, -0.05) is 32.0 Å². The molecule has 1 heterocycles. The number of hydrogen-bond acceptors (Lipinski definition) is 3. The number of rotatable bonds is 5. The van der Waals surface area contributed by atoms with Crippen LogP contribution in [0, 0.1) is 29.1 Å². The van der Waals surface area contributed by atoms with Crippen LogP contribution in [-0.2, 0) is 6.54 Å². The van der Waals surface area contributed by atoms with Crippen molar-refractivity contribution >= 4 is 16.7 Å². The van der Waals surface area contributed by atoms with Gasteiger partial charge in [-0.3, -0.25) is 9.59 Å². The summed E-state index contributed by atoms with van der Waals surface area (Å²) in [7, 11) is 0. The highest BCUT2D eigenvalue weighted by Gasteiger charge is 2.53. The molecule has 30 heavy (non-hydrogen) atoms. The van der Waals surface area contributed by atoms with E-state index in [4.69, 9.17) is 0 Å². The first-order chi connectivity index (χ1) is 14.3. The summed E-state index contributed by atoms with van der Waals surface area (Å²) in [6.45, 7) is 6.81. The van der Waals surface area contributed by atoms with Gasteiger partial charge in [0, 0.05) is 18.0 Å². The van der Waals surface area contributed by atoms with Gasteiger partial charge >= 0.3 is 0 Å². The molecule has 1 N–H and O–H groups in total. The zero-order chi connectivity index (χ0) is 21.0. The Hall–Kier alpha value is -2.17. The molecule has 2 aromatic rings. The fourth-order valence-corrected chi connectivity index (χ4v) is 7.00. The monoisotopic (exact) mass is 407 g/mol. The van der Waals surface area contributed by atoms with Gasteiger partial charge in [0.25, 0.3) is 11.5 Å². The van der Waals surface area contributed by atoms with Gasteiger partial charge in [-0.15, -0.1) is 0 Å². The quantitative estimate of drug-likeness (QED) is 0.800. The Bertz CT molecular complexity index is 1000. The molecule has 1 atom stereocenters. The molecule has 0 spiro atoms. The summed E-state index contributed by atoms with van der Waals surface area (Å²) < 4.78 is 1.47. The fourth-order valence-electron chi connectivity index (χ4n) is 7.00. The molecule has 0 aliphatic heterocycles. The van der Waals surface area contributed by atoms with Crippen LogP contribution in [0.1, 0.15) is 69.8 Å². The summed E-state index contributed by atoms with van der Waals surface area (Å²) in [5.74, 6) is 2.68. The number of aromatic nitrogens is 2. The number of fused-ring (bicyclic) bond motifs is 1. The van der Waals surface area contributed by atoms with Crippen LogP contribution in [0.15, 0.2) is 29.1 Å². The first-order valence-corrected chi connectivity index (χ1v) is 11.7. The van der Waals surface area contributed by atoms with Crippen molar-refractivity contribution < 1.29 is 4.79 Å². The van der Waals surface area contributed by atoms with Crippen molar-refractivity contribution in [2.45, 2.75) is 71.9 Å². The molecule has 1 aromatic carbocycles. The van der Waals surface area contributed by atoms with Crippen molar-refractivity contribution in [2.75, 3.05) is 0 Å². The highest BCUT2D eigenvalue weighted by atomic mass is 16.2. The highest BCUT2D eigenvalue weighted by Crippen LogP contribution is 2.61. The Kier molecular flexibility index (Phi) is 4.75. The summed E-state index contributed by atoms with van der Waals surface area (Å²) in [6, 6.07) is 7.49. The average molecular weight is 408 g/mol. The van der Waals surface area contributed by atoms with E-state index >= 15 is 0 Å². The van der Waals surface area contributed by atoms with E-state index in [1.54, 1.807) is 6.07 Å². The minimum absolute atomic E-state index is 0.120. The second-order valence-corrected chi connectivity index (χ2v) is 10.8. The molecule has 4 fully saturated rings. The number of benzene rings is 1. The number of amides is 1. The molecular formula is C25H33N3O2. The average Bonchev–Trinajstić information content (AvgIpc) is 2.68. The van der Waals surface area contributed by atoms with E-state index in [1.165, 1.54) is 43.2 Å². The van der Waals surface area contributed by atoms with Crippen molar-refractivity contribution in [3.8, 4) is 0 Å². The van der Waals surface area contributed by atoms with Gasteiger partial charge in [-0.2, -0.15) is 5.10 Å². The van der Waals surface area contributed by atoms with E-state index in [2.05, 4.69) is 31.2 Å². The summed E-state index contributed by atoms with van der Waals surface area (Å²) >= 11 is 0. The third-order valence-electron chi connectivity index (χ3n) is 7.97. The lowest BCUT2D eigenvalue weighted by molar-refractivity contribution is -0.0688. The summed E-state index contributed by atoms with van der Waals surface area (Å²) in [5.41, 5.74) is 0.500. The molecule has 1 amide bonds. The van der Waals surface area contributed by atoms with Gasteiger partial charge in [-0.25, -0.2) is 4.68 Å². The summed E-state index contributed by atoms with van der Waals surface area (Å²) in [4.78, 5) is 26.3. The van der Waals surface area contributed by atoms with Crippen LogP contribution in [0.5, 0.6) is 0 Å². The van der Waals surface area contributed by atoms with Crippen LogP contribution in [0.2, 0.25) is 0 Å². The van der Waals surface area contributed by atoms with E-state index in [1.807, 2.05) is 18.2 Å². The minimum Gasteiger partial charge on any atom is -0.348 e. The van der Waals surface area contributed by atoms with E-state index in [0.717, 1.165) is 17.8 Å². The van der Waals surface area contributed by atoms with Crippen LogP contribution in [0.3, 0.4) is 0 Å². The molecular weight excluding hydrogens is 374 g/mol. The second kappa shape index (κ2) is 7.21. The van der Waals surface area contributed by atoms with Gasteiger partial charge in [0.1, 0.15) is 0 Å². The van der Waals surface area contributed by atoms with Crippen molar-refractivity contribution in [1.82, 2.24) is 15.1 Å². The molecule has 4 aliphatic carbocycles. The maximum Gasteiger partial charge on any atom is 0.274 e. The summed E-state index contributed by atoms with van der Waals surface area (Å²) in [6.07, 6.45) is 7.94. The van der Waals surface area contributed by atoms with Gasteiger partial charge in [0.05, 0.1) is 5.39 Å². The zero-order valence-corrected chi connectivity index (χ0v) is 18.4. The van der Waals surface area contributed by atoms with Crippen molar-refractivity contribution in [3.63, 3.8) is 0 Å². The summed E-state index contributed by atoms with van der Waals surface area (Å²) in [5, 5.41) is 9.08. The van der Waals surface area contributed by atoms with Gasteiger partial charge < -0.3 is 5.32 Å². The van der Waals surface area contributed by atoms with Crippen LogP contribution in [-0.4, -0.2) is 21.7 Å². The Morgan fingerprint density at radius 3 is 2.20 bits per heavy atom. The molecule has 1 aromatic heterocycles. The van der Waals surface area contributed by atoms with Crippen LogP contribution in [0.25, 0.3) is 10.8 Å². The number of nitrogens with zero attached hydrogens (tertiary/aromatic N) is 2. The Labute approximate surface area is 178 Å². The van der Waals surface area contributed by atoms with Crippen LogP contribution < -0.4 is 10.9 Å². The Balaban J connectivity index is 1.46. The van der Waals surface area contributed by atoms with E-state index < -0.39 is 0 Å². The molecule has 0 saturated heterocycles. The van der Waals surface area contributed by atoms with Gasteiger partial charge in [0.2, 0.25) is 0 Å². The lowest BCUT2D eigenvalue weighted by Gasteiger charge is -2.59. The first kappa shape index (κ1) is 19.8. The van der Waals surface area contributed by atoms with Crippen molar-refractivity contribution in [2.24, 2.45) is 29.1 Å². The molecule has 4 aliphatic rings. The smallest absolute Gasteiger partial charge is 0.274 e. The fraction of sp³-hybridized carbons (Fsp3) is 0.640. The number of carbonyl (C=O) groups is 1. The van der Waals surface area contributed by atoms with E-state index in [9.17, 15) is 9.59 Å². The third kappa shape index (κ3) is 3.27. The molecule has 0 unspecified atom stereocenters. The van der Waals surface area contributed by atoms with Gasteiger partial charge in [0.15, 0.2) is 5.69 Å². The number of hydrogen-bond donors (Lipinski definition) is 1.